The number of hydrogen-bond acceptors (Lipinski definition) is 3. The Morgan fingerprint density at radius 3 is 2.72 bits per heavy atom. The van der Waals surface area contributed by atoms with Gasteiger partial charge in [0.2, 0.25) is 0 Å². The maximum absolute atomic E-state index is 12.4. The molecule has 1 N–H and O–H groups in total. The molecule has 1 rings (SSSR count). The van der Waals surface area contributed by atoms with Gasteiger partial charge < -0.3 is 19.6 Å². The molecular formula is C12H22N2O4. The summed E-state index contributed by atoms with van der Waals surface area (Å²) in [7, 11) is 0. The minimum Gasteiger partial charge on any atom is -0.481 e. The summed E-state index contributed by atoms with van der Waals surface area (Å²) in [6.45, 7) is 7.72. The highest BCUT2D eigenvalue weighted by molar-refractivity contribution is 5.76. The molecule has 0 radical (unpaired) electrons. The number of aliphatic carboxylic acids is 1. The molecule has 18 heavy (non-hydrogen) atoms. The van der Waals surface area contributed by atoms with Crippen molar-refractivity contribution in [1.82, 2.24) is 9.80 Å². The summed E-state index contributed by atoms with van der Waals surface area (Å²) in [5.74, 6) is -0.885. The summed E-state index contributed by atoms with van der Waals surface area (Å²) in [5.41, 5.74) is 0. The van der Waals surface area contributed by atoms with E-state index in [9.17, 15) is 9.59 Å². The van der Waals surface area contributed by atoms with Crippen LogP contribution in [0.2, 0.25) is 0 Å². The molecule has 0 aliphatic carbocycles. The highest BCUT2D eigenvalue weighted by atomic mass is 16.5. The number of carbonyl (C=O) groups excluding carboxylic acids is 1. The Labute approximate surface area is 107 Å². The molecule has 1 aliphatic rings. The fraction of sp³-hybridized carbons (Fsp3) is 0.833. The van der Waals surface area contributed by atoms with Gasteiger partial charge >= 0.3 is 12.0 Å². The van der Waals surface area contributed by atoms with Gasteiger partial charge in [0.25, 0.3) is 0 Å². The summed E-state index contributed by atoms with van der Waals surface area (Å²) >= 11 is 0. The molecule has 0 aromatic rings. The first-order valence-corrected chi connectivity index (χ1v) is 6.34. The Bertz CT molecular complexity index is 308. The van der Waals surface area contributed by atoms with Gasteiger partial charge in [-0.2, -0.15) is 0 Å². The second-order valence-corrected chi connectivity index (χ2v) is 4.63. The van der Waals surface area contributed by atoms with Gasteiger partial charge in [-0.3, -0.25) is 4.79 Å². The normalized spacial score (nSPS) is 21.5. The number of carboxylic acid groups (broad SMARTS) is 1. The van der Waals surface area contributed by atoms with Crippen molar-refractivity contribution < 1.29 is 19.4 Å². The Morgan fingerprint density at radius 1 is 1.56 bits per heavy atom. The smallest absolute Gasteiger partial charge is 0.320 e. The Hall–Kier alpha value is -1.30. The van der Waals surface area contributed by atoms with E-state index in [1.807, 2.05) is 13.8 Å². The van der Waals surface area contributed by atoms with Crippen molar-refractivity contribution in [2.75, 3.05) is 26.3 Å². The van der Waals surface area contributed by atoms with Gasteiger partial charge in [-0.1, -0.05) is 0 Å². The maximum atomic E-state index is 12.4. The summed E-state index contributed by atoms with van der Waals surface area (Å²) < 4.78 is 5.29. The number of amides is 2. The van der Waals surface area contributed by atoms with Crippen LogP contribution in [0.1, 0.15) is 27.2 Å². The molecule has 1 heterocycles. The molecule has 6 nitrogen and oxygen atoms in total. The van der Waals surface area contributed by atoms with Gasteiger partial charge in [0.15, 0.2) is 0 Å². The quantitative estimate of drug-likeness (QED) is 0.817. The average molecular weight is 258 g/mol. The minimum absolute atomic E-state index is 0.0295. The summed E-state index contributed by atoms with van der Waals surface area (Å²) in [4.78, 5) is 26.5. The highest BCUT2D eigenvalue weighted by Gasteiger charge is 2.30. The van der Waals surface area contributed by atoms with Gasteiger partial charge in [0.1, 0.15) is 0 Å². The monoisotopic (exact) mass is 258 g/mol. The van der Waals surface area contributed by atoms with E-state index in [4.69, 9.17) is 9.84 Å². The van der Waals surface area contributed by atoms with Crippen LogP contribution in [0.3, 0.4) is 0 Å². The molecule has 1 aliphatic heterocycles. The van der Waals surface area contributed by atoms with Gasteiger partial charge in [-0.15, -0.1) is 0 Å². The first-order chi connectivity index (χ1) is 8.47. The van der Waals surface area contributed by atoms with Crippen molar-refractivity contribution in [2.45, 2.75) is 39.3 Å². The van der Waals surface area contributed by atoms with E-state index >= 15 is 0 Å². The van der Waals surface area contributed by atoms with Crippen molar-refractivity contribution in [3.05, 3.63) is 0 Å². The molecule has 6 heteroatoms. The van der Waals surface area contributed by atoms with Crippen molar-refractivity contribution in [3.8, 4) is 0 Å². The van der Waals surface area contributed by atoms with E-state index in [-0.39, 0.29) is 24.5 Å². The van der Waals surface area contributed by atoms with Gasteiger partial charge in [0, 0.05) is 19.1 Å². The lowest BCUT2D eigenvalue weighted by molar-refractivity contribution is -0.138. The molecule has 2 atom stereocenters. The Kier molecular flexibility index (Phi) is 5.40. The lowest BCUT2D eigenvalue weighted by Crippen LogP contribution is -2.54. The number of rotatable bonds is 4. The van der Waals surface area contributed by atoms with E-state index in [1.54, 1.807) is 16.7 Å². The molecule has 0 bridgehead atoms. The van der Waals surface area contributed by atoms with Gasteiger partial charge in [0.05, 0.1) is 25.7 Å². The first kappa shape index (κ1) is 14.8. The zero-order valence-corrected chi connectivity index (χ0v) is 11.3. The number of morpholine rings is 1. The van der Waals surface area contributed by atoms with Gasteiger partial charge in [-0.25, -0.2) is 4.79 Å². The molecule has 1 fully saturated rings. The molecule has 0 aromatic heterocycles. The Morgan fingerprint density at radius 2 is 2.22 bits per heavy atom. The molecule has 1 saturated heterocycles. The number of hydrogen-bond donors (Lipinski definition) is 1. The van der Waals surface area contributed by atoms with Crippen LogP contribution in [-0.2, 0) is 9.53 Å². The zero-order valence-electron chi connectivity index (χ0n) is 11.3. The van der Waals surface area contributed by atoms with Crippen LogP contribution in [-0.4, -0.2) is 65.3 Å². The van der Waals surface area contributed by atoms with Crippen LogP contribution in [0.15, 0.2) is 0 Å². The van der Waals surface area contributed by atoms with E-state index in [1.165, 1.54) is 0 Å². The van der Waals surface area contributed by atoms with Crippen LogP contribution < -0.4 is 0 Å². The number of nitrogens with zero attached hydrogens (tertiary/aromatic N) is 2. The largest absolute Gasteiger partial charge is 0.481 e. The van der Waals surface area contributed by atoms with Crippen molar-refractivity contribution >= 4 is 12.0 Å². The van der Waals surface area contributed by atoms with Crippen LogP contribution >= 0.6 is 0 Å². The molecule has 0 saturated carbocycles. The fourth-order valence-electron chi connectivity index (χ4n) is 2.17. The topological polar surface area (TPSA) is 70.1 Å². The van der Waals surface area contributed by atoms with Crippen LogP contribution in [0.4, 0.5) is 4.79 Å². The second-order valence-electron chi connectivity index (χ2n) is 4.63. The molecular weight excluding hydrogens is 236 g/mol. The molecule has 104 valence electrons. The third-order valence-corrected chi connectivity index (χ3v) is 3.20. The summed E-state index contributed by atoms with van der Waals surface area (Å²) in [5, 5.41) is 8.80. The van der Waals surface area contributed by atoms with E-state index in [0.717, 1.165) is 0 Å². The average Bonchev–Trinajstić information content (AvgIpc) is 2.29. The van der Waals surface area contributed by atoms with Crippen molar-refractivity contribution in [2.24, 2.45) is 0 Å². The van der Waals surface area contributed by atoms with Crippen LogP contribution in [0, 0.1) is 0 Å². The van der Waals surface area contributed by atoms with E-state index < -0.39 is 5.97 Å². The Balaban J connectivity index is 2.68. The first-order valence-electron chi connectivity index (χ1n) is 6.34. The van der Waals surface area contributed by atoms with Crippen LogP contribution in [0.25, 0.3) is 0 Å². The minimum atomic E-state index is -0.885. The predicted octanol–water partition coefficient (Wildman–Crippen LogP) is 1.01. The molecule has 2 unspecified atom stereocenters. The number of urea groups is 1. The predicted molar refractivity (Wildman–Crippen MR) is 66.5 cm³/mol. The summed E-state index contributed by atoms with van der Waals surface area (Å²) in [6, 6.07) is -0.352. The highest BCUT2D eigenvalue weighted by Crippen LogP contribution is 2.13. The third-order valence-electron chi connectivity index (χ3n) is 3.20. The van der Waals surface area contributed by atoms with E-state index in [2.05, 4.69) is 0 Å². The standard InChI is InChI=1S/C12H22N2O4/c1-4-13(9(2)7-11(15)16)12(17)14-5-6-18-8-10(14)3/h9-10H,4-8H2,1-3H3,(H,15,16). The molecule has 2 amide bonds. The lowest BCUT2D eigenvalue weighted by Gasteiger charge is -2.38. The SMILES string of the molecule is CCN(C(=O)N1CCOCC1C)C(C)CC(=O)O. The number of carboxylic acids is 1. The van der Waals surface area contributed by atoms with Crippen molar-refractivity contribution in [1.29, 1.82) is 0 Å². The van der Waals surface area contributed by atoms with E-state index in [0.29, 0.717) is 26.3 Å². The van der Waals surface area contributed by atoms with Gasteiger partial charge in [-0.05, 0) is 20.8 Å². The molecule has 0 aromatic carbocycles. The van der Waals surface area contributed by atoms with Crippen molar-refractivity contribution in [3.63, 3.8) is 0 Å². The van der Waals surface area contributed by atoms with Crippen LogP contribution in [0.5, 0.6) is 0 Å². The fourth-order valence-corrected chi connectivity index (χ4v) is 2.17. The summed E-state index contributed by atoms with van der Waals surface area (Å²) in [6.07, 6.45) is -0.0295. The third kappa shape index (κ3) is 3.60. The second kappa shape index (κ2) is 6.58. The number of carbonyl (C=O) groups is 2. The zero-order chi connectivity index (χ0) is 13.7. The molecule has 0 spiro atoms. The number of ether oxygens (including phenoxy) is 1. The maximum Gasteiger partial charge on any atom is 0.320 e. The lowest BCUT2D eigenvalue weighted by atomic mass is 10.2.